The van der Waals surface area contributed by atoms with Crippen LogP contribution in [0, 0.1) is 0 Å². The van der Waals surface area contributed by atoms with Gasteiger partial charge in [0.05, 0.1) is 0 Å². The zero-order valence-electron chi connectivity index (χ0n) is 14.1. The van der Waals surface area contributed by atoms with Gasteiger partial charge >= 0.3 is 0 Å². The molecule has 0 amide bonds. The normalized spacial score (nSPS) is 7.78. The quantitative estimate of drug-likeness (QED) is 0.551. The Labute approximate surface area is 117 Å². The average molecular weight is 252 g/mol. The fourth-order valence-electron chi connectivity index (χ4n) is 1.07. The molecule has 0 aromatic heterocycles. The van der Waals surface area contributed by atoms with Crippen molar-refractivity contribution < 1.29 is 0 Å². The van der Waals surface area contributed by atoms with E-state index in [-0.39, 0.29) is 0 Å². The van der Waals surface area contributed by atoms with Crippen molar-refractivity contribution in [1.82, 2.24) is 0 Å². The predicted molar refractivity (Wildman–Crippen MR) is 88.5 cm³/mol. The van der Waals surface area contributed by atoms with Crippen molar-refractivity contribution in [1.29, 1.82) is 0 Å². The highest BCUT2D eigenvalue weighted by atomic mass is 13.9. The Balaban J connectivity index is -0.000000237. The second-order valence-electron chi connectivity index (χ2n) is 3.94. The van der Waals surface area contributed by atoms with E-state index in [2.05, 4.69) is 65.8 Å². The van der Waals surface area contributed by atoms with Crippen molar-refractivity contribution >= 4 is 0 Å². The number of hydrogen-bond donors (Lipinski definition) is 0. The molecule has 0 radical (unpaired) electrons. The van der Waals surface area contributed by atoms with Gasteiger partial charge in [0, 0.05) is 0 Å². The summed E-state index contributed by atoms with van der Waals surface area (Å²) < 4.78 is 0. The van der Waals surface area contributed by atoms with Crippen LogP contribution < -0.4 is 0 Å². The van der Waals surface area contributed by atoms with E-state index in [0.29, 0.717) is 0 Å². The lowest BCUT2D eigenvalue weighted by molar-refractivity contribution is 1.09. The first-order valence-electron chi connectivity index (χ1n) is 7.77. The van der Waals surface area contributed by atoms with Crippen LogP contribution in [0.1, 0.15) is 79.4 Å². The summed E-state index contributed by atoms with van der Waals surface area (Å²) in [6.07, 6.45) is 4.79. The highest BCUT2D eigenvalue weighted by Gasteiger charge is 1.89. The molecule has 0 saturated carbocycles. The summed E-state index contributed by atoms with van der Waals surface area (Å²) >= 11 is 0. The molecule has 1 aromatic rings. The van der Waals surface area contributed by atoms with E-state index in [4.69, 9.17) is 0 Å². The number of rotatable bonds is 2. The Bertz CT molecular complexity index is 204. The molecular weight excluding hydrogens is 216 g/mol. The molecule has 0 spiro atoms. The highest BCUT2D eigenvalue weighted by Crippen LogP contribution is 2.05. The number of hydrogen-bond acceptors (Lipinski definition) is 0. The maximum Gasteiger partial charge on any atom is -0.0307 e. The Morgan fingerprint density at radius 3 is 1.17 bits per heavy atom. The van der Waals surface area contributed by atoms with Gasteiger partial charge in [0.2, 0.25) is 0 Å². The van der Waals surface area contributed by atoms with E-state index in [1.807, 2.05) is 13.8 Å². The molecule has 0 fully saturated rings. The Morgan fingerprint density at radius 2 is 0.944 bits per heavy atom. The van der Waals surface area contributed by atoms with Crippen LogP contribution in [0.5, 0.6) is 0 Å². The average Bonchev–Trinajstić information content (AvgIpc) is 2.43. The van der Waals surface area contributed by atoms with Crippen molar-refractivity contribution in [2.75, 3.05) is 0 Å². The monoisotopic (exact) mass is 252 g/mol. The van der Waals surface area contributed by atoms with Crippen molar-refractivity contribution in [2.24, 2.45) is 0 Å². The van der Waals surface area contributed by atoms with E-state index in [1.165, 1.54) is 24.0 Å². The molecule has 1 aromatic carbocycles. The van der Waals surface area contributed by atoms with Gasteiger partial charge in [0.1, 0.15) is 0 Å². The third-order valence-corrected chi connectivity index (χ3v) is 1.81. The molecule has 0 unspecified atom stereocenters. The van der Waals surface area contributed by atoms with Gasteiger partial charge < -0.3 is 0 Å². The summed E-state index contributed by atoms with van der Waals surface area (Å²) in [6, 6.07) is 8.77. The Kier molecular flexibility index (Phi) is 26.8. The molecule has 0 N–H and O–H groups in total. The molecule has 18 heavy (non-hydrogen) atoms. The van der Waals surface area contributed by atoms with E-state index in [0.717, 1.165) is 12.8 Å². The molecule has 0 heteroatoms. The summed E-state index contributed by atoms with van der Waals surface area (Å²) in [5, 5.41) is 0. The maximum absolute atomic E-state index is 2.28. The maximum atomic E-state index is 2.28. The Hall–Kier alpha value is -0.780. The summed E-state index contributed by atoms with van der Waals surface area (Å²) in [7, 11) is 0. The molecule has 0 aliphatic rings. The number of aryl methyl sites for hydroxylation is 2. The third kappa shape index (κ3) is 17.6. The summed E-state index contributed by atoms with van der Waals surface area (Å²) in [5.74, 6) is 0. The van der Waals surface area contributed by atoms with Crippen LogP contribution >= 0.6 is 0 Å². The van der Waals surface area contributed by atoms with E-state index in [9.17, 15) is 0 Å². The summed E-state index contributed by atoms with van der Waals surface area (Å²) in [6.45, 7) is 16.9. The van der Waals surface area contributed by atoms with Crippen LogP contribution in [-0.2, 0) is 12.8 Å². The van der Waals surface area contributed by atoms with Crippen LogP contribution in [0.2, 0.25) is 0 Å². The molecule has 0 saturated heterocycles. The molecule has 0 aliphatic carbocycles. The Morgan fingerprint density at radius 1 is 0.667 bits per heavy atom. The van der Waals surface area contributed by atoms with E-state index in [1.54, 1.807) is 0 Å². The largest absolute Gasteiger partial charge is 0.0683 e. The van der Waals surface area contributed by atoms with Crippen LogP contribution in [0.25, 0.3) is 0 Å². The first-order chi connectivity index (χ1) is 8.69. The molecule has 0 atom stereocenters. The van der Waals surface area contributed by atoms with E-state index < -0.39 is 0 Å². The standard InChI is InChI=1S/C10H14.2C3H8.C2H6/c1-3-9-6-5-7-10(4-2)8-9;2*1-3-2;1-2/h5-8H,3-4H2,1-2H3;2*3H2,1-2H3;1-2H3. The van der Waals surface area contributed by atoms with Gasteiger partial charge in [-0.25, -0.2) is 0 Å². The fraction of sp³-hybridized carbons (Fsp3) is 0.667. The molecular formula is C18H36. The molecule has 0 heterocycles. The number of benzene rings is 1. The first kappa shape index (κ1) is 22.4. The first-order valence-corrected chi connectivity index (χ1v) is 7.77. The topological polar surface area (TPSA) is 0 Å². The SMILES string of the molecule is CC.CCC.CCC.CCc1cccc(CC)c1. The lowest BCUT2D eigenvalue weighted by Crippen LogP contribution is -1.83. The van der Waals surface area contributed by atoms with Crippen LogP contribution in [-0.4, -0.2) is 0 Å². The van der Waals surface area contributed by atoms with Gasteiger partial charge in [-0.05, 0) is 24.0 Å². The zero-order valence-corrected chi connectivity index (χ0v) is 14.1. The summed E-state index contributed by atoms with van der Waals surface area (Å²) in [5.41, 5.74) is 2.89. The smallest absolute Gasteiger partial charge is 0.0307 e. The second-order valence-corrected chi connectivity index (χ2v) is 3.94. The zero-order chi connectivity index (χ0) is 14.8. The van der Waals surface area contributed by atoms with Crippen LogP contribution in [0.3, 0.4) is 0 Å². The van der Waals surface area contributed by atoms with Crippen LogP contribution in [0.4, 0.5) is 0 Å². The minimum absolute atomic E-state index is 1.15. The van der Waals surface area contributed by atoms with Gasteiger partial charge in [0.15, 0.2) is 0 Å². The van der Waals surface area contributed by atoms with Gasteiger partial charge in [-0.2, -0.15) is 0 Å². The van der Waals surface area contributed by atoms with Gasteiger partial charge in [-0.15, -0.1) is 0 Å². The van der Waals surface area contributed by atoms with Gasteiger partial charge in [-0.3, -0.25) is 0 Å². The van der Waals surface area contributed by atoms with Gasteiger partial charge in [0.25, 0.3) is 0 Å². The molecule has 0 aliphatic heterocycles. The summed E-state index contributed by atoms with van der Waals surface area (Å²) in [4.78, 5) is 0. The minimum atomic E-state index is 1.15. The molecule has 0 nitrogen and oxygen atoms in total. The highest BCUT2D eigenvalue weighted by molar-refractivity contribution is 5.23. The molecule has 108 valence electrons. The van der Waals surface area contributed by atoms with Crippen molar-refractivity contribution in [3.05, 3.63) is 35.4 Å². The molecule has 1 rings (SSSR count). The van der Waals surface area contributed by atoms with Gasteiger partial charge in [-0.1, -0.05) is 92.5 Å². The van der Waals surface area contributed by atoms with Crippen molar-refractivity contribution in [3.63, 3.8) is 0 Å². The van der Waals surface area contributed by atoms with E-state index >= 15 is 0 Å². The lowest BCUT2D eigenvalue weighted by Gasteiger charge is -1.98. The third-order valence-electron chi connectivity index (χ3n) is 1.81. The minimum Gasteiger partial charge on any atom is -0.0683 e. The fourth-order valence-corrected chi connectivity index (χ4v) is 1.07. The predicted octanol–water partition coefficient (Wildman–Crippen LogP) is 6.67. The van der Waals surface area contributed by atoms with Crippen LogP contribution in [0.15, 0.2) is 24.3 Å². The van der Waals surface area contributed by atoms with Crippen molar-refractivity contribution in [3.8, 4) is 0 Å². The lowest BCUT2D eigenvalue weighted by atomic mass is 10.1. The second kappa shape index (κ2) is 21.5. The molecule has 0 bridgehead atoms. The van der Waals surface area contributed by atoms with Crippen molar-refractivity contribution in [2.45, 2.75) is 81.1 Å².